The Labute approximate surface area is 135 Å². The van der Waals surface area contributed by atoms with Gasteiger partial charge in [0.2, 0.25) is 0 Å². The van der Waals surface area contributed by atoms with Gasteiger partial charge < -0.3 is 11.1 Å². The van der Waals surface area contributed by atoms with Crippen molar-refractivity contribution in [3.63, 3.8) is 0 Å². The molecule has 0 radical (unpaired) electrons. The summed E-state index contributed by atoms with van der Waals surface area (Å²) in [5.41, 5.74) is 9.96. The Morgan fingerprint density at radius 2 is 2.18 bits per heavy atom. The van der Waals surface area contributed by atoms with E-state index in [1.807, 2.05) is 31.2 Å². The van der Waals surface area contributed by atoms with Crippen molar-refractivity contribution in [2.24, 2.45) is 5.92 Å². The Balaban J connectivity index is 1.88. The number of anilines is 2. The van der Waals surface area contributed by atoms with E-state index in [9.17, 15) is 4.79 Å². The highest BCUT2D eigenvalue weighted by atomic mass is 32.1. The van der Waals surface area contributed by atoms with Gasteiger partial charge in [0.15, 0.2) is 0 Å². The van der Waals surface area contributed by atoms with E-state index in [2.05, 4.69) is 12.2 Å². The fourth-order valence-electron chi connectivity index (χ4n) is 3.17. The van der Waals surface area contributed by atoms with E-state index in [4.69, 9.17) is 5.73 Å². The van der Waals surface area contributed by atoms with Crippen LogP contribution in [0.5, 0.6) is 0 Å². The van der Waals surface area contributed by atoms with Gasteiger partial charge in [0.05, 0.1) is 10.6 Å². The van der Waals surface area contributed by atoms with Crippen LogP contribution in [0.3, 0.4) is 0 Å². The van der Waals surface area contributed by atoms with Crippen LogP contribution in [-0.2, 0) is 12.8 Å². The highest BCUT2D eigenvalue weighted by Crippen LogP contribution is 2.39. The van der Waals surface area contributed by atoms with Crippen molar-refractivity contribution in [1.29, 1.82) is 0 Å². The van der Waals surface area contributed by atoms with E-state index in [1.54, 1.807) is 11.3 Å². The Bertz CT molecular complexity index is 705. The number of aryl methyl sites for hydroxylation is 1. The number of para-hydroxylation sites is 1. The molecule has 0 saturated heterocycles. The zero-order valence-electron chi connectivity index (χ0n) is 13.1. The molecule has 3 rings (SSSR count). The van der Waals surface area contributed by atoms with Crippen LogP contribution in [0, 0.1) is 12.8 Å². The maximum Gasteiger partial charge on any atom is 0.258 e. The lowest BCUT2D eigenvalue weighted by Gasteiger charge is -2.21. The molecule has 1 amide bonds. The molecule has 1 aromatic heterocycles. The third kappa shape index (κ3) is 2.75. The largest absolute Gasteiger partial charge is 0.390 e. The number of nitrogen functional groups attached to an aromatic ring is 1. The van der Waals surface area contributed by atoms with Gasteiger partial charge in [0.25, 0.3) is 5.91 Å². The van der Waals surface area contributed by atoms with E-state index >= 15 is 0 Å². The van der Waals surface area contributed by atoms with Gasteiger partial charge in [-0.25, -0.2) is 0 Å². The van der Waals surface area contributed by atoms with Gasteiger partial charge in [-0.15, -0.1) is 11.3 Å². The SMILES string of the molecule is CC[C@H]1CCc2c(sc(N)c2C(=O)Nc2ccccc2C)C1. The lowest BCUT2D eigenvalue weighted by Crippen LogP contribution is -2.18. The minimum atomic E-state index is -0.0701. The van der Waals surface area contributed by atoms with Crippen molar-refractivity contribution < 1.29 is 4.79 Å². The fraction of sp³-hybridized carbons (Fsp3) is 0.389. The lowest BCUT2D eigenvalue weighted by atomic mass is 9.85. The number of carbonyl (C=O) groups excluding carboxylic acids is 1. The topological polar surface area (TPSA) is 55.1 Å². The average molecular weight is 314 g/mol. The second kappa shape index (κ2) is 6.13. The number of carbonyl (C=O) groups is 1. The molecule has 0 spiro atoms. The van der Waals surface area contributed by atoms with Crippen molar-refractivity contribution in [3.05, 3.63) is 45.8 Å². The molecule has 22 heavy (non-hydrogen) atoms. The number of nitrogens with two attached hydrogens (primary N) is 1. The zero-order valence-corrected chi connectivity index (χ0v) is 13.9. The molecule has 116 valence electrons. The smallest absolute Gasteiger partial charge is 0.258 e. The van der Waals surface area contributed by atoms with E-state index in [1.165, 1.54) is 16.9 Å². The summed E-state index contributed by atoms with van der Waals surface area (Å²) in [6.45, 7) is 4.23. The summed E-state index contributed by atoms with van der Waals surface area (Å²) < 4.78 is 0. The fourth-order valence-corrected chi connectivity index (χ4v) is 4.40. The summed E-state index contributed by atoms with van der Waals surface area (Å²) in [6, 6.07) is 7.82. The van der Waals surface area contributed by atoms with Crippen LogP contribution in [0.4, 0.5) is 10.7 Å². The van der Waals surface area contributed by atoms with Crippen LogP contribution < -0.4 is 11.1 Å². The van der Waals surface area contributed by atoms with E-state index < -0.39 is 0 Å². The van der Waals surface area contributed by atoms with Gasteiger partial charge in [0.1, 0.15) is 0 Å². The summed E-state index contributed by atoms with van der Waals surface area (Å²) in [4.78, 5) is 14.0. The van der Waals surface area contributed by atoms with E-state index in [0.717, 1.165) is 36.4 Å². The summed E-state index contributed by atoms with van der Waals surface area (Å²) in [5.74, 6) is 0.664. The standard InChI is InChI=1S/C18H22N2OS/c1-3-12-8-9-13-15(10-12)22-17(19)16(13)18(21)20-14-7-5-4-6-11(14)2/h4-7,12H,3,8-10,19H2,1-2H3,(H,20,21)/t12-/m0/s1. The number of hydrogen-bond acceptors (Lipinski definition) is 3. The maximum absolute atomic E-state index is 12.7. The third-order valence-electron chi connectivity index (χ3n) is 4.59. The molecule has 3 N–H and O–H groups in total. The molecule has 1 atom stereocenters. The Hall–Kier alpha value is -1.81. The van der Waals surface area contributed by atoms with Crippen molar-refractivity contribution in [2.45, 2.75) is 39.5 Å². The molecule has 1 heterocycles. The van der Waals surface area contributed by atoms with Crippen molar-refractivity contribution in [2.75, 3.05) is 11.1 Å². The summed E-state index contributed by atoms with van der Waals surface area (Å²) in [6.07, 6.45) is 4.39. The molecule has 0 bridgehead atoms. The number of benzene rings is 1. The predicted molar refractivity (Wildman–Crippen MR) is 93.7 cm³/mol. The molecule has 3 nitrogen and oxygen atoms in total. The minimum Gasteiger partial charge on any atom is -0.390 e. The molecule has 1 aliphatic carbocycles. The molecule has 0 fully saturated rings. The van der Waals surface area contributed by atoms with Gasteiger partial charge >= 0.3 is 0 Å². The van der Waals surface area contributed by atoms with E-state index in [0.29, 0.717) is 10.6 Å². The highest BCUT2D eigenvalue weighted by Gasteiger charge is 2.27. The third-order valence-corrected chi connectivity index (χ3v) is 5.68. The monoisotopic (exact) mass is 314 g/mol. The van der Waals surface area contributed by atoms with Crippen LogP contribution in [0.25, 0.3) is 0 Å². The first kappa shape index (κ1) is 15.1. The van der Waals surface area contributed by atoms with Gasteiger partial charge in [0, 0.05) is 10.6 Å². The van der Waals surface area contributed by atoms with Crippen LogP contribution in [0.15, 0.2) is 24.3 Å². The zero-order chi connectivity index (χ0) is 15.7. The highest BCUT2D eigenvalue weighted by molar-refractivity contribution is 7.16. The molecule has 0 unspecified atom stereocenters. The minimum absolute atomic E-state index is 0.0701. The summed E-state index contributed by atoms with van der Waals surface area (Å²) >= 11 is 1.60. The number of amides is 1. The second-order valence-electron chi connectivity index (χ2n) is 6.03. The molecular formula is C18H22N2OS. The predicted octanol–water partition coefficient (Wildman–Crippen LogP) is 4.41. The normalized spacial score (nSPS) is 17.1. The number of fused-ring (bicyclic) bond motifs is 1. The number of thiophene rings is 1. The number of hydrogen-bond donors (Lipinski definition) is 2. The van der Waals surface area contributed by atoms with Crippen molar-refractivity contribution in [1.82, 2.24) is 0 Å². The quantitative estimate of drug-likeness (QED) is 0.882. The molecule has 1 aliphatic rings. The van der Waals surface area contributed by atoms with Crippen LogP contribution in [0.1, 0.15) is 46.1 Å². The number of rotatable bonds is 3. The van der Waals surface area contributed by atoms with Crippen LogP contribution in [-0.4, -0.2) is 5.91 Å². The molecular weight excluding hydrogens is 292 g/mol. The molecule has 1 aromatic carbocycles. The first-order valence-corrected chi connectivity index (χ1v) is 8.68. The van der Waals surface area contributed by atoms with Crippen LogP contribution in [0.2, 0.25) is 0 Å². The van der Waals surface area contributed by atoms with Crippen LogP contribution >= 0.6 is 11.3 Å². The molecule has 0 saturated carbocycles. The molecule has 4 heteroatoms. The summed E-state index contributed by atoms with van der Waals surface area (Å²) in [5, 5.41) is 3.68. The first-order chi connectivity index (χ1) is 10.6. The van der Waals surface area contributed by atoms with Crippen molar-refractivity contribution >= 4 is 27.9 Å². The Morgan fingerprint density at radius 1 is 1.41 bits per heavy atom. The average Bonchev–Trinajstić information content (AvgIpc) is 2.84. The first-order valence-electron chi connectivity index (χ1n) is 7.87. The Morgan fingerprint density at radius 3 is 2.91 bits per heavy atom. The van der Waals surface area contributed by atoms with Gasteiger partial charge in [-0.3, -0.25) is 4.79 Å². The van der Waals surface area contributed by atoms with Gasteiger partial charge in [-0.05, 0) is 49.3 Å². The van der Waals surface area contributed by atoms with E-state index in [-0.39, 0.29) is 5.91 Å². The van der Waals surface area contributed by atoms with Crippen molar-refractivity contribution in [3.8, 4) is 0 Å². The number of nitrogens with one attached hydrogen (secondary N) is 1. The maximum atomic E-state index is 12.7. The second-order valence-corrected chi connectivity index (χ2v) is 7.17. The van der Waals surface area contributed by atoms with Gasteiger partial charge in [-0.1, -0.05) is 31.5 Å². The Kier molecular flexibility index (Phi) is 4.21. The molecule has 0 aliphatic heterocycles. The lowest BCUT2D eigenvalue weighted by molar-refractivity contribution is 0.102. The molecule has 2 aromatic rings. The summed E-state index contributed by atoms with van der Waals surface area (Å²) in [7, 11) is 0. The van der Waals surface area contributed by atoms with Gasteiger partial charge in [-0.2, -0.15) is 0 Å².